The van der Waals surface area contributed by atoms with Gasteiger partial charge in [-0.1, -0.05) is 30.3 Å². The smallest absolute Gasteiger partial charge is 0.339 e. The lowest BCUT2D eigenvalue weighted by molar-refractivity contribution is -0.129. The standard InChI is InChI=1S/C18H15N3O4S/c1-11(22)20-21-16(23)10-25-18(24)13-7-3-2-6-12(13)17-19-14-8-4-5-9-15(14)26-17/h2-9H,10H2,1H3,(H,20,22)(H,21,23). The summed E-state index contributed by atoms with van der Waals surface area (Å²) < 4.78 is 6.05. The SMILES string of the molecule is CC(=O)NNC(=O)COC(=O)c1ccccc1-c1nc2ccccc2s1. The summed E-state index contributed by atoms with van der Waals surface area (Å²) in [6.45, 7) is 0.744. The Morgan fingerprint density at radius 2 is 1.77 bits per heavy atom. The number of nitrogens with zero attached hydrogens (tertiary/aromatic N) is 1. The van der Waals surface area contributed by atoms with Gasteiger partial charge in [0.25, 0.3) is 5.91 Å². The minimum Gasteiger partial charge on any atom is -0.452 e. The number of amides is 2. The molecule has 132 valence electrons. The van der Waals surface area contributed by atoms with Gasteiger partial charge in [-0.25, -0.2) is 9.78 Å². The Kier molecular flexibility index (Phi) is 5.23. The van der Waals surface area contributed by atoms with Crippen LogP contribution < -0.4 is 10.9 Å². The molecule has 0 fully saturated rings. The Bertz CT molecular complexity index is 950. The van der Waals surface area contributed by atoms with Crippen LogP contribution in [-0.4, -0.2) is 29.4 Å². The van der Waals surface area contributed by atoms with Crippen molar-refractivity contribution >= 4 is 39.3 Å². The zero-order valence-corrected chi connectivity index (χ0v) is 14.6. The van der Waals surface area contributed by atoms with Crippen LogP contribution in [0.15, 0.2) is 48.5 Å². The van der Waals surface area contributed by atoms with E-state index in [1.54, 1.807) is 18.2 Å². The van der Waals surface area contributed by atoms with Gasteiger partial charge in [0.15, 0.2) is 6.61 Å². The van der Waals surface area contributed by atoms with Crippen LogP contribution in [0.4, 0.5) is 0 Å². The molecule has 2 aromatic carbocycles. The van der Waals surface area contributed by atoms with Crippen molar-refractivity contribution in [3.8, 4) is 10.6 Å². The molecule has 26 heavy (non-hydrogen) atoms. The summed E-state index contributed by atoms with van der Waals surface area (Å²) in [6.07, 6.45) is 0. The van der Waals surface area contributed by atoms with Crippen LogP contribution in [-0.2, 0) is 14.3 Å². The van der Waals surface area contributed by atoms with Crippen LogP contribution in [0.25, 0.3) is 20.8 Å². The van der Waals surface area contributed by atoms with Crippen LogP contribution >= 0.6 is 11.3 Å². The normalized spacial score (nSPS) is 10.3. The third kappa shape index (κ3) is 4.04. The zero-order chi connectivity index (χ0) is 18.5. The van der Waals surface area contributed by atoms with E-state index in [0.717, 1.165) is 10.2 Å². The van der Waals surface area contributed by atoms with E-state index in [1.165, 1.54) is 18.3 Å². The number of ether oxygens (including phenoxy) is 1. The van der Waals surface area contributed by atoms with E-state index in [1.807, 2.05) is 30.3 Å². The van der Waals surface area contributed by atoms with E-state index in [-0.39, 0.29) is 0 Å². The van der Waals surface area contributed by atoms with Crippen LogP contribution in [0.5, 0.6) is 0 Å². The lowest BCUT2D eigenvalue weighted by atomic mass is 10.1. The molecule has 0 aliphatic carbocycles. The van der Waals surface area contributed by atoms with Gasteiger partial charge in [-0.15, -0.1) is 11.3 Å². The predicted octanol–water partition coefficient (Wildman–Crippen LogP) is 2.29. The summed E-state index contributed by atoms with van der Waals surface area (Å²) in [4.78, 5) is 39.2. The summed E-state index contributed by atoms with van der Waals surface area (Å²) in [5, 5.41) is 0.696. The van der Waals surface area contributed by atoms with Crippen LogP contribution in [0.3, 0.4) is 0 Å². The van der Waals surface area contributed by atoms with Crippen LogP contribution in [0, 0.1) is 0 Å². The third-order valence-corrected chi connectivity index (χ3v) is 4.45. The third-order valence-electron chi connectivity index (χ3n) is 3.38. The molecule has 3 aromatic rings. The van der Waals surface area contributed by atoms with Gasteiger partial charge < -0.3 is 4.74 Å². The predicted molar refractivity (Wildman–Crippen MR) is 97.3 cm³/mol. The van der Waals surface area contributed by atoms with Crippen molar-refractivity contribution in [3.05, 3.63) is 54.1 Å². The van der Waals surface area contributed by atoms with Crippen molar-refractivity contribution in [2.75, 3.05) is 6.61 Å². The first-order chi connectivity index (χ1) is 12.5. The Balaban J connectivity index is 1.77. The number of hydrazine groups is 1. The number of hydrogen-bond acceptors (Lipinski definition) is 6. The number of benzene rings is 2. The summed E-state index contributed by atoms with van der Waals surface area (Å²) in [6, 6.07) is 14.6. The Morgan fingerprint density at radius 1 is 1.04 bits per heavy atom. The van der Waals surface area contributed by atoms with Gasteiger partial charge >= 0.3 is 5.97 Å². The second kappa shape index (κ2) is 7.75. The Hall–Kier alpha value is -3.26. The molecule has 0 aliphatic rings. The molecular weight excluding hydrogens is 354 g/mol. The van der Waals surface area contributed by atoms with E-state index in [4.69, 9.17) is 4.74 Å². The van der Waals surface area contributed by atoms with Crippen molar-refractivity contribution in [1.29, 1.82) is 0 Å². The van der Waals surface area contributed by atoms with Crippen molar-refractivity contribution in [2.24, 2.45) is 0 Å². The van der Waals surface area contributed by atoms with Gasteiger partial charge in [-0.05, 0) is 18.2 Å². The molecule has 0 atom stereocenters. The second-order valence-corrected chi connectivity index (χ2v) is 6.37. The van der Waals surface area contributed by atoms with E-state index in [2.05, 4.69) is 15.8 Å². The first-order valence-electron chi connectivity index (χ1n) is 7.72. The van der Waals surface area contributed by atoms with E-state index in [0.29, 0.717) is 16.1 Å². The minimum absolute atomic E-state index is 0.318. The molecule has 0 unspecified atom stereocenters. The molecule has 7 nitrogen and oxygen atoms in total. The number of esters is 1. The fourth-order valence-electron chi connectivity index (χ4n) is 2.24. The second-order valence-electron chi connectivity index (χ2n) is 5.34. The highest BCUT2D eigenvalue weighted by Gasteiger charge is 2.17. The largest absolute Gasteiger partial charge is 0.452 e. The number of aromatic nitrogens is 1. The highest BCUT2D eigenvalue weighted by atomic mass is 32.1. The fraction of sp³-hybridized carbons (Fsp3) is 0.111. The van der Waals surface area contributed by atoms with Gasteiger partial charge in [-0.3, -0.25) is 20.4 Å². The molecule has 0 saturated carbocycles. The van der Waals surface area contributed by atoms with Crippen LogP contribution in [0.1, 0.15) is 17.3 Å². The Labute approximate surface area is 153 Å². The maximum absolute atomic E-state index is 12.4. The molecule has 0 radical (unpaired) electrons. The fourth-order valence-corrected chi connectivity index (χ4v) is 3.24. The molecule has 2 N–H and O–H groups in total. The van der Waals surface area contributed by atoms with Crippen molar-refractivity contribution in [3.63, 3.8) is 0 Å². The van der Waals surface area contributed by atoms with Gasteiger partial charge in [-0.2, -0.15) is 0 Å². The zero-order valence-electron chi connectivity index (χ0n) is 13.8. The molecule has 2 amide bonds. The minimum atomic E-state index is -0.641. The number of carbonyl (C=O) groups is 3. The van der Waals surface area contributed by atoms with Crippen LogP contribution in [0.2, 0.25) is 0 Å². The lowest BCUT2D eigenvalue weighted by Crippen LogP contribution is -2.42. The number of carbonyl (C=O) groups excluding carboxylic acids is 3. The quantitative estimate of drug-likeness (QED) is 0.543. The molecule has 0 saturated heterocycles. The first kappa shape index (κ1) is 17.6. The van der Waals surface area contributed by atoms with Gasteiger partial charge in [0.1, 0.15) is 5.01 Å². The molecule has 0 aliphatic heterocycles. The molecular formula is C18H15N3O4S. The van der Waals surface area contributed by atoms with E-state index in [9.17, 15) is 14.4 Å². The molecule has 0 spiro atoms. The monoisotopic (exact) mass is 369 g/mol. The molecule has 3 rings (SSSR count). The lowest BCUT2D eigenvalue weighted by Gasteiger charge is -2.08. The van der Waals surface area contributed by atoms with Crippen molar-refractivity contribution < 1.29 is 19.1 Å². The maximum atomic E-state index is 12.4. The topological polar surface area (TPSA) is 97.4 Å². The average molecular weight is 369 g/mol. The van der Waals surface area contributed by atoms with E-state index < -0.39 is 24.4 Å². The molecule has 1 heterocycles. The summed E-state index contributed by atoms with van der Waals surface area (Å²) in [7, 11) is 0. The highest BCUT2D eigenvalue weighted by Crippen LogP contribution is 2.32. The first-order valence-corrected chi connectivity index (χ1v) is 8.54. The number of rotatable bonds is 4. The van der Waals surface area contributed by atoms with Crippen molar-refractivity contribution in [2.45, 2.75) is 6.92 Å². The summed E-state index contributed by atoms with van der Waals surface area (Å²) in [5.41, 5.74) is 6.06. The Morgan fingerprint density at radius 3 is 2.54 bits per heavy atom. The van der Waals surface area contributed by atoms with Gasteiger partial charge in [0.2, 0.25) is 5.91 Å². The number of hydrogen-bond donors (Lipinski definition) is 2. The number of fused-ring (bicyclic) bond motifs is 1. The molecule has 0 bridgehead atoms. The highest BCUT2D eigenvalue weighted by molar-refractivity contribution is 7.21. The van der Waals surface area contributed by atoms with Gasteiger partial charge in [0, 0.05) is 12.5 Å². The number of thiazole rings is 1. The number of para-hydroxylation sites is 1. The summed E-state index contributed by atoms with van der Waals surface area (Å²) in [5.74, 6) is -1.70. The average Bonchev–Trinajstić information content (AvgIpc) is 3.08. The maximum Gasteiger partial charge on any atom is 0.339 e. The van der Waals surface area contributed by atoms with Crippen molar-refractivity contribution in [1.82, 2.24) is 15.8 Å². The molecule has 8 heteroatoms. The summed E-state index contributed by atoms with van der Waals surface area (Å²) >= 11 is 1.47. The molecule has 1 aromatic heterocycles. The van der Waals surface area contributed by atoms with Gasteiger partial charge in [0.05, 0.1) is 15.8 Å². The number of nitrogens with one attached hydrogen (secondary N) is 2. The van der Waals surface area contributed by atoms with E-state index >= 15 is 0 Å².